The summed E-state index contributed by atoms with van der Waals surface area (Å²) in [4.78, 5) is 60.6. The summed E-state index contributed by atoms with van der Waals surface area (Å²) in [5, 5.41) is 17.1. The minimum absolute atomic E-state index is 0.0184. The summed E-state index contributed by atoms with van der Waals surface area (Å²) in [7, 11) is 0. The number of hydrogen-bond acceptors (Lipinski definition) is 11. The van der Waals surface area contributed by atoms with Gasteiger partial charge in [-0.25, -0.2) is 0 Å². The van der Waals surface area contributed by atoms with Crippen molar-refractivity contribution in [2.24, 2.45) is 5.41 Å². The number of fused-ring (bicyclic) bond motifs is 4. The standard InChI is InChI=1S/C41H46IN3O10/c1-39(2,3)52-32(48)19-18-29(24-46)44-31(47)20-21-43-38(50)40-22-30-33-34(54-41(53-33,26-10-6-4-7-11-26)27-12-8-5-9-13-27)36(40)55-45(35(40)37(49)51-30)23-25-14-16-28(42)17-15-25/h4-17,29-30,33-36,46H,18-24H2,1-3H3,(H,43,50)(H,44,47)/t29-,30+,33-,34-,35-,36+,40-/m0/s1. The first kappa shape index (κ1) is 39.3. The summed E-state index contributed by atoms with van der Waals surface area (Å²) >= 11 is 2.22. The highest BCUT2D eigenvalue weighted by molar-refractivity contribution is 14.1. The molecule has 4 aliphatic rings. The van der Waals surface area contributed by atoms with Crippen molar-refractivity contribution in [3.05, 3.63) is 105 Å². The molecule has 55 heavy (non-hydrogen) atoms. The van der Waals surface area contributed by atoms with Crippen LogP contribution in [0.4, 0.5) is 0 Å². The Labute approximate surface area is 333 Å². The van der Waals surface area contributed by atoms with Gasteiger partial charge in [0.25, 0.3) is 0 Å². The van der Waals surface area contributed by atoms with Crippen LogP contribution in [0.1, 0.15) is 63.1 Å². The van der Waals surface area contributed by atoms with Gasteiger partial charge in [0.05, 0.1) is 19.2 Å². The Morgan fingerprint density at radius 2 is 1.58 bits per heavy atom. The first-order valence-corrected chi connectivity index (χ1v) is 19.7. The molecule has 3 heterocycles. The zero-order chi connectivity index (χ0) is 39.0. The van der Waals surface area contributed by atoms with Crippen LogP contribution < -0.4 is 10.6 Å². The third-order valence-electron chi connectivity index (χ3n) is 10.5. The second-order valence-corrected chi connectivity index (χ2v) is 16.7. The Morgan fingerprint density at radius 1 is 0.945 bits per heavy atom. The molecule has 3 saturated heterocycles. The number of halogens is 1. The molecular weight excluding hydrogens is 821 g/mol. The van der Waals surface area contributed by atoms with Crippen LogP contribution in [0.15, 0.2) is 84.9 Å². The van der Waals surface area contributed by atoms with E-state index in [1.54, 1.807) is 20.8 Å². The quantitative estimate of drug-likeness (QED) is 0.169. The van der Waals surface area contributed by atoms with Gasteiger partial charge in [0.1, 0.15) is 35.4 Å². The summed E-state index contributed by atoms with van der Waals surface area (Å²) in [5.74, 6) is -3.31. The Hall–Kier alpha value is -3.93. The monoisotopic (exact) mass is 867 g/mol. The SMILES string of the molecule is CC(C)(C)OC(=O)CC[C@@H](CO)NC(=O)CCNC(=O)[C@@]12C[C@H]3OC(=O)[C@@H]1N(Cc1ccc(I)cc1)O[C@@H]2[C@H]1OC(c2ccccc2)(c2ccccc2)O[C@H]13. The number of ether oxygens (including phenoxy) is 4. The van der Waals surface area contributed by atoms with E-state index in [2.05, 4.69) is 33.2 Å². The van der Waals surface area contributed by atoms with Crippen molar-refractivity contribution in [2.75, 3.05) is 13.2 Å². The zero-order valence-electron chi connectivity index (χ0n) is 30.9. The molecule has 4 fully saturated rings. The number of nitrogens with zero attached hydrogens (tertiary/aromatic N) is 1. The molecule has 14 heteroatoms. The van der Waals surface area contributed by atoms with E-state index in [4.69, 9.17) is 23.8 Å². The van der Waals surface area contributed by atoms with Crippen molar-refractivity contribution in [1.82, 2.24) is 15.7 Å². The van der Waals surface area contributed by atoms with Gasteiger partial charge >= 0.3 is 11.9 Å². The first-order chi connectivity index (χ1) is 26.3. The summed E-state index contributed by atoms with van der Waals surface area (Å²) < 4.78 is 26.4. The molecule has 3 aromatic rings. The number of rotatable bonds is 13. The van der Waals surface area contributed by atoms with Crippen molar-refractivity contribution >= 4 is 46.3 Å². The molecule has 2 amide bonds. The molecule has 1 aliphatic carbocycles. The Balaban J connectivity index is 1.13. The maximum absolute atomic E-state index is 14.7. The van der Waals surface area contributed by atoms with E-state index in [1.165, 1.54) is 5.06 Å². The first-order valence-electron chi connectivity index (χ1n) is 18.6. The van der Waals surface area contributed by atoms with Gasteiger partial charge in [0.15, 0.2) is 6.04 Å². The Kier molecular flexibility index (Phi) is 11.4. The molecule has 2 bridgehead atoms. The zero-order valence-corrected chi connectivity index (χ0v) is 33.1. The van der Waals surface area contributed by atoms with Gasteiger partial charge < -0.3 is 34.7 Å². The van der Waals surface area contributed by atoms with Crippen molar-refractivity contribution in [3.8, 4) is 0 Å². The van der Waals surface area contributed by atoms with Gasteiger partial charge in [-0.1, -0.05) is 72.8 Å². The van der Waals surface area contributed by atoms with Gasteiger partial charge in [-0.3, -0.25) is 24.0 Å². The second-order valence-electron chi connectivity index (χ2n) is 15.4. The fourth-order valence-electron chi connectivity index (χ4n) is 8.11. The van der Waals surface area contributed by atoms with Crippen LogP contribution in [0, 0.1) is 8.99 Å². The van der Waals surface area contributed by atoms with E-state index in [0.29, 0.717) is 0 Å². The van der Waals surface area contributed by atoms with Crippen molar-refractivity contribution in [2.45, 2.75) is 101 Å². The van der Waals surface area contributed by atoms with Crippen LogP contribution in [-0.2, 0) is 55.3 Å². The van der Waals surface area contributed by atoms with Crippen molar-refractivity contribution in [3.63, 3.8) is 0 Å². The molecule has 0 radical (unpaired) electrons. The number of carbonyl (C=O) groups excluding carboxylic acids is 4. The number of hydrogen-bond donors (Lipinski definition) is 3. The number of carbonyl (C=O) groups is 4. The van der Waals surface area contributed by atoms with E-state index in [0.717, 1.165) is 20.3 Å². The molecule has 3 aromatic carbocycles. The largest absolute Gasteiger partial charge is 0.460 e. The third kappa shape index (κ3) is 7.89. The summed E-state index contributed by atoms with van der Waals surface area (Å²) in [6.45, 7) is 5.06. The Morgan fingerprint density at radius 3 is 2.20 bits per heavy atom. The summed E-state index contributed by atoms with van der Waals surface area (Å²) in [6.07, 6.45) is -3.18. The normalized spacial score (nSPS) is 27.1. The number of aliphatic hydroxyl groups excluding tert-OH is 1. The van der Waals surface area contributed by atoms with Crippen LogP contribution in [0.2, 0.25) is 0 Å². The lowest BCUT2D eigenvalue weighted by Gasteiger charge is -2.48. The van der Waals surface area contributed by atoms with Gasteiger partial charge in [-0.15, -0.1) is 0 Å². The van der Waals surface area contributed by atoms with Crippen LogP contribution in [0.5, 0.6) is 0 Å². The van der Waals surface area contributed by atoms with Crippen LogP contribution in [0.3, 0.4) is 0 Å². The average Bonchev–Trinajstić information content (AvgIpc) is 3.74. The molecule has 3 aliphatic heterocycles. The fraction of sp³-hybridized carbons (Fsp3) is 0.463. The summed E-state index contributed by atoms with van der Waals surface area (Å²) in [5.41, 5.74) is 0.244. The van der Waals surface area contributed by atoms with E-state index >= 15 is 0 Å². The van der Waals surface area contributed by atoms with Crippen LogP contribution >= 0.6 is 22.6 Å². The topological polar surface area (TPSA) is 162 Å². The maximum Gasteiger partial charge on any atom is 0.327 e. The molecule has 0 aromatic heterocycles. The highest BCUT2D eigenvalue weighted by Crippen LogP contribution is 2.59. The predicted molar refractivity (Wildman–Crippen MR) is 205 cm³/mol. The number of aliphatic hydroxyl groups is 1. The lowest BCUT2D eigenvalue weighted by atomic mass is 9.62. The molecule has 7 rings (SSSR count). The number of esters is 2. The minimum atomic E-state index is -1.45. The van der Waals surface area contributed by atoms with Crippen LogP contribution in [-0.4, -0.2) is 89.2 Å². The second kappa shape index (κ2) is 15.9. The smallest absolute Gasteiger partial charge is 0.327 e. The molecular formula is C41H46IN3O10. The number of hydroxylamine groups is 2. The average molecular weight is 868 g/mol. The molecule has 0 unspecified atom stereocenters. The van der Waals surface area contributed by atoms with E-state index in [-0.39, 0.29) is 45.4 Å². The molecule has 1 saturated carbocycles. The third-order valence-corrected chi connectivity index (χ3v) is 11.2. The van der Waals surface area contributed by atoms with Crippen molar-refractivity contribution < 1.29 is 48.1 Å². The van der Waals surface area contributed by atoms with E-state index in [9.17, 15) is 24.3 Å². The van der Waals surface area contributed by atoms with Crippen LogP contribution in [0.25, 0.3) is 0 Å². The molecule has 3 N–H and O–H groups in total. The number of nitrogens with one attached hydrogen (secondary N) is 2. The maximum atomic E-state index is 14.7. The van der Waals surface area contributed by atoms with Gasteiger partial charge in [0, 0.05) is 40.5 Å². The molecule has 7 atom stereocenters. The molecule has 0 spiro atoms. The highest BCUT2D eigenvalue weighted by atomic mass is 127. The van der Waals surface area contributed by atoms with E-state index in [1.807, 2.05) is 84.9 Å². The van der Waals surface area contributed by atoms with Crippen molar-refractivity contribution in [1.29, 1.82) is 0 Å². The number of benzene rings is 3. The Bertz CT molecular complexity index is 1830. The lowest BCUT2D eigenvalue weighted by Crippen LogP contribution is -2.69. The van der Waals surface area contributed by atoms with Gasteiger partial charge in [-0.2, -0.15) is 5.06 Å². The number of amides is 2. The highest BCUT2D eigenvalue weighted by Gasteiger charge is 2.76. The fourth-order valence-corrected chi connectivity index (χ4v) is 8.47. The van der Waals surface area contributed by atoms with E-state index < -0.39 is 77.1 Å². The summed E-state index contributed by atoms with van der Waals surface area (Å²) in [6, 6.07) is 25.1. The lowest BCUT2D eigenvalue weighted by molar-refractivity contribution is -0.213. The molecule has 13 nitrogen and oxygen atoms in total. The minimum Gasteiger partial charge on any atom is -0.460 e. The predicted octanol–water partition coefficient (Wildman–Crippen LogP) is 3.88. The molecule has 292 valence electrons. The van der Waals surface area contributed by atoms with Gasteiger partial charge in [0.2, 0.25) is 17.6 Å². The van der Waals surface area contributed by atoms with Gasteiger partial charge in [-0.05, 0) is 67.5 Å².